The zero-order valence-electron chi connectivity index (χ0n) is 12.5. The van der Waals surface area contributed by atoms with Crippen LogP contribution in [0, 0.1) is 11.8 Å². The van der Waals surface area contributed by atoms with Crippen LogP contribution in [0.1, 0.15) is 31.2 Å². The molecule has 1 aliphatic heterocycles. The molecule has 2 aliphatic rings. The van der Waals surface area contributed by atoms with Gasteiger partial charge in [-0.3, -0.25) is 9.59 Å². The number of carbonyl (C=O) groups excluding carboxylic acids is 1. The molecule has 1 amide bonds. The molecule has 1 N–H and O–H groups in total. The Balaban J connectivity index is 1.67. The van der Waals surface area contributed by atoms with Crippen molar-refractivity contribution in [3.8, 4) is 0 Å². The van der Waals surface area contributed by atoms with Crippen molar-refractivity contribution in [2.45, 2.75) is 31.7 Å². The number of benzene rings is 1. The third kappa shape index (κ3) is 2.91. The maximum absolute atomic E-state index is 12.6. The van der Waals surface area contributed by atoms with Gasteiger partial charge in [0.25, 0.3) is 0 Å². The van der Waals surface area contributed by atoms with E-state index in [1.54, 1.807) is 0 Å². The number of carbonyl (C=O) groups is 2. The van der Waals surface area contributed by atoms with E-state index in [0.29, 0.717) is 12.8 Å². The van der Waals surface area contributed by atoms with Crippen LogP contribution in [-0.2, 0) is 9.59 Å². The monoisotopic (exact) mass is 299 g/mol. The normalized spacial score (nSPS) is 27.8. The van der Waals surface area contributed by atoms with Crippen LogP contribution in [0.15, 0.2) is 36.4 Å². The quantitative estimate of drug-likeness (QED) is 0.930. The SMILES string of the molecule is O=C(O)C1CCC1C(=O)N1CCCC1/C=C/c1ccccc1. The average Bonchev–Trinajstić information content (AvgIpc) is 2.93. The molecule has 1 aromatic rings. The molecule has 0 bridgehead atoms. The molecule has 4 heteroatoms. The molecular weight excluding hydrogens is 278 g/mol. The molecule has 1 heterocycles. The van der Waals surface area contributed by atoms with Crippen LogP contribution in [0.5, 0.6) is 0 Å². The second-order valence-corrected chi connectivity index (χ2v) is 6.14. The van der Waals surface area contributed by atoms with Gasteiger partial charge in [-0.15, -0.1) is 0 Å². The number of carboxylic acid groups (broad SMARTS) is 1. The topological polar surface area (TPSA) is 57.6 Å². The highest BCUT2D eigenvalue weighted by atomic mass is 16.4. The maximum atomic E-state index is 12.6. The first-order chi connectivity index (χ1) is 10.7. The Kier molecular flexibility index (Phi) is 4.27. The summed E-state index contributed by atoms with van der Waals surface area (Å²) in [5, 5.41) is 9.13. The van der Waals surface area contributed by atoms with Crippen molar-refractivity contribution in [1.29, 1.82) is 0 Å². The summed E-state index contributed by atoms with van der Waals surface area (Å²) in [6.07, 6.45) is 7.41. The lowest BCUT2D eigenvalue weighted by Crippen LogP contribution is -2.47. The number of hydrogen-bond donors (Lipinski definition) is 1. The molecular formula is C18H21NO3. The second-order valence-electron chi connectivity index (χ2n) is 6.14. The summed E-state index contributed by atoms with van der Waals surface area (Å²) in [4.78, 5) is 25.6. The Hall–Kier alpha value is -2.10. The van der Waals surface area contributed by atoms with Crippen LogP contribution in [-0.4, -0.2) is 34.5 Å². The first kappa shape index (κ1) is 14.8. The Morgan fingerprint density at radius 2 is 1.82 bits per heavy atom. The number of carboxylic acids is 1. The highest BCUT2D eigenvalue weighted by molar-refractivity contribution is 5.87. The Morgan fingerprint density at radius 3 is 2.45 bits per heavy atom. The van der Waals surface area contributed by atoms with E-state index in [2.05, 4.69) is 6.08 Å². The van der Waals surface area contributed by atoms with Crippen LogP contribution in [0.3, 0.4) is 0 Å². The van der Waals surface area contributed by atoms with Crippen LogP contribution < -0.4 is 0 Å². The molecule has 2 fully saturated rings. The molecule has 0 radical (unpaired) electrons. The van der Waals surface area contributed by atoms with Gasteiger partial charge in [-0.25, -0.2) is 0 Å². The van der Waals surface area contributed by atoms with E-state index >= 15 is 0 Å². The fraction of sp³-hybridized carbons (Fsp3) is 0.444. The minimum atomic E-state index is -0.833. The van der Waals surface area contributed by atoms with Gasteiger partial charge in [0.15, 0.2) is 0 Å². The first-order valence-electron chi connectivity index (χ1n) is 7.93. The van der Waals surface area contributed by atoms with Crippen LogP contribution in [0.25, 0.3) is 6.08 Å². The molecule has 3 atom stereocenters. The summed E-state index contributed by atoms with van der Waals surface area (Å²) >= 11 is 0. The molecule has 1 saturated carbocycles. The van der Waals surface area contributed by atoms with Gasteiger partial charge in [0.05, 0.1) is 17.9 Å². The number of nitrogens with zero attached hydrogens (tertiary/aromatic N) is 1. The number of likely N-dealkylation sites (tertiary alicyclic amines) is 1. The van der Waals surface area contributed by atoms with Crippen molar-refractivity contribution in [3.63, 3.8) is 0 Å². The fourth-order valence-corrected chi connectivity index (χ4v) is 3.36. The first-order valence-corrected chi connectivity index (χ1v) is 7.93. The standard InChI is InChI=1S/C18H21NO3/c20-17(15-10-11-16(15)18(21)22)19-12-4-7-14(19)9-8-13-5-2-1-3-6-13/h1-3,5-6,8-9,14-16H,4,7,10-12H2,(H,21,22)/b9-8+. The van der Waals surface area contributed by atoms with Crippen LogP contribution >= 0.6 is 0 Å². The predicted octanol–water partition coefficient (Wildman–Crippen LogP) is 2.80. The summed E-state index contributed by atoms with van der Waals surface area (Å²) in [7, 11) is 0. The lowest BCUT2D eigenvalue weighted by Gasteiger charge is -2.36. The van der Waals surface area contributed by atoms with E-state index in [-0.39, 0.29) is 17.9 Å². The summed E-state index contributed by atoms with van der Waals surface area (Å²) in [5.41, 5.74) is 1.12. The number of aliphatic carboxylic acids is 1. The molecule has 1 aromatic carbocycles. The number of rotatable bonds is 4. The van der Waals surface area contributed by atoms with Crippen molar-refractivity contribution < 1.29 is 14.7 Å². The number of amides is 1. The largest absolute Gasteiger partial charge is 0.481 e. The van der Waals surface area contributed by atoms with Crippen molar-refractivity contribution in [2.75, 3.05) is 6.54 Å². The van der Waals surface area contributed by atoms with Crippen LogP contribution in [0.4, 0.5) is 0 Å². The summed E-state index contributed by atoms with van der Waals surface area (Å²) in [6, 6.07) is 10.1. The Bertz CT molecular complexity index is 581. The minimum absolute atomic E-state index is 0.0267. The summed E-state index contributed by atoms with van der Waals surface area (Å²) in [6.45, 7) is 0.742. The van der Waals surface area contributed by atoms with Crippen molar-refractivity contribution in [2.24, 2.45) is 11.8 Å². The van der Waals surface area contributed by atoms with Gasteiger partial charge in [-0.2, -0.15) is 0 Å². The highest BCUT2D eigenvalue weighted by Crippen LogP contribution is 2.37. The predicted molar refractivity (Wildman–Crippen MR) is 84.1 cm³/mol. The van der Waals surface area contributed by atoms with Gasteiger partial charge >= 0.3 is 5.97 Å². The van der Waals surface area contributed by atoms with Gasteiger partial charge in [-0.05, 0) is 31.2 Å². The second kappa shape index (κ2) is 6.34. The lowest BCUT2D eigenvalue weighted by atomic mass is 9.73. The van der Waals surface area contributed by atoms with Crippen LogP contribution in [0.2, 0.25) is 0 Å². The summed E-state index contributed by atoms with van der Waals surface area (Å²) < 4.78 is 0. The van der Waals surface area contributed by atoms with Gasteiger partial charge in [0.2, 0.25) is 5.91 Å². The molecule has 3 unspecified atom stereocenters. The minimum Gasteiger partial charge on any atom is -0.481 e. The molecule has 0 spiro atoms. The molecule has 0 aromatic heterocycles. The van der Waals surface area contributed by atoms with Gasteiger partial charge in [0, 0.05) is 6.54 Å². The highest BCUT2D eigenvalue weighted by Gasteiger charge is 2.44. The zero-order valence-corrected chi connectivity index (χ0v) is 12.5. The van der Waals surface area contributed by atoms with E-state index in [0.717, 1.165) is 24.9 Å². The van der Waals surface area contributed by atoms with Gasteiger partial charge in [0.1, 0.15) is 0 Å². The fourth-order valence-electron chi connectivity index (χ4n) is 3.36. The molecule has 4 nitrogen and oxygen atoms in total. The Labute approximate surface area is 130 Å². The zero-order chi connectivity index (χ0) is 15.5. The lowest BCUT2D eigenvalue weighted by molar-refractivity contribution is -0.156. The smallest absolute Gasteiger partial charge is 0.307 e. The molecule has 1 aliphatic carbocycles. The van der Waals surface area contributed by atoms with E-state index < -0.39 is 11.9 Å². The van der Waals surface area contributed by atoms with Gasteiger partial charge in [-0.1, -0.05) is 42.5 Å². The number of hydrogen-bond acceptors (Lipinski definition) is 2. The molecule has 22 heavy (non-hydrogen) atoms. The molecule has 116 valence electrons. The van der Waals surface area contributed by atoms with E-state index in [4.69, 9.17) is 5.11 Å². The van der Waals surface area contributed by atoms with E-state index in [1.807, 2.05) is 41.3 Å². The summed E-state index contributed by atoms with van der Waals surface area (Å²) in [5.74, 6) is -1.60. The van der Waals surface area contributed by atoms with E-state index in [1.165, 1.54) is 0 Å². The molecule has 1 saturated heterocycles. The molecule has 3 rings (SSSR count). The third-order valence-electron chi connectivity index (χ3n) is 4.80. The maximum Gasteiger partial charge on any atom is 0.307 e. The Morgan fingerprint density at radius 1 is 1.09 bits per heavy atom. The average molecular weight is 299 g/mol. The third-order valence-corrected chi connectivity index (χ3v) is 4.80. The van der Waals surface area contributed by atoms with Crippen molar-refractivity contribution in [1.82, 2.24) is 4.90 Å². The van der Waals surface area contributed by atoms with Crippen molar-refractivity contribution in [3.05, 3.63) is 42.0 Å². The van der Waals surface area contributed by atoms with Gasteiger partial charge < -0.3 is 10.0 Å². The van der Waals surface area contributed by atoms with Crippen molar-refractivity contribution >= 4 is 18.0 Å². The van der Waals surface area contributed by atoms with E-state index in [9.17, 15) is 9.59 Å².